The van der Waals surface area contributed by atoms with Crippen LogP contribution in [0.3, 0.4) is 0 Å². The van der Waals surface area contributed by atoms with Crippen LogP contribution < -0.4 is 11.1 Å². The zero-order valence-corrected chi connectivity index (χ0v) is 8.18. The van der Waals surface area contributed by atoms with Gasteiger partial charge in [-0.05, 0) is 0 Å². The van der Waals surface area contributed by atoms with Gasteiger partial charge in [-0.25, -0.2) is 0 Å². The Bertz CT molecular complexity index is 175. The lowest BCUT2D eigenvalue weighted by Gasteiger charge is -2.03. The standard InChI is InChI=1S/C7H14N2O3S/c8-6(10)5-7(11)9-1-2-12-3-4-13/h13H,1-5H2,(H2,8,10)(H,9,11). The molecule has 0 aliphatic rings. The van der Waals surface area contributed by atoms with E-state index in [9.17, 15) is 9.59 Å². The highest BCUT2D eigenvalue weighted by molar-refractivity contribution is 7.80. The Balaban J connectivity index is 3.22. The smallest absolute Gasteiger partial charge is 0.229 e. The van der Waals surface area contributed by atoms with Gasteiger partial charge in [0.15, 0.2) is 0 Å². The number of nitrogens with one attached hydrogen (secondary N) is 1. The number of hydrogen-bond donors (Lipinski definition) is 3. The van der Waals surface area contributed by atoms with Gasteiger partial charge in [0.2, 0.25) is 11.8 Å². The van der Waals surface area contributed by atoms with Gasteiger partial charge in [-0.2, -0.15) is 12.6 Å². The van der Waals surface area contributed by atoms with E-state index in [4.69, 9.17) is 10.5 Å². The summed E-state index contributed by atoms with van der Waals surface area (Å²) in [4.78, 5) is 21.1. The number of nitrogens with two attached hydrogens (primary N) is 1. The van der Waals surface area contributed by atoms with Gasteiger partial charge in [0.05, 0.1) is 13.2 Å². The van der Waals surface area contributed by atoms with E-state index in [1.165, 1.54) is 0 Å². The Labute approximate surface area is 82.4 Å². The molecule has 0 rings (SSSR count). The third-order valence-corrected chi connectivity index (χ3v) is 1.32. The van der Waals surface area contributed by atoms with Crippen molar-refractivity contribution >= 4 is 24.4 Å². The first-order chi connectivity index (χ1) is 6.16. The summed E-state index contributed by atoms with van der Waals surface area (Å²) >= 11 is 3.94. The molecule has 0 spiro atoms. The summed E-state index contributed by atoms with van der Waals surface area (Å²) in [6.45, 7) is 1.36. The predicted molar refractivity (Wildman–Crippen MR) is 51.5 cm³/mol. The Morgan fingerprint density at radius 2 is 2.08 bits per heavy atom. The monoisotopic (exact) mass is 206 g/mol. The van der Waals surface area contributed by atoms with Gasteiger partial charge in [0.25, 0.3) is 0 Å². The van der Waals surface area contributed by atoms with E-state index in [-0.39, 0.29) is 12.3 Å². The molecule has 0 aromatic carbocycles. The fourth-order valence-electron chi connectivity index (χ4n) is 0.650. The number of carbonyl (C=O) groups excluding carboxylic acids is 2. The minimum atomic E-state index is -0.631. The van der Waals surface area contributed by atoms with Crippen LogP contribution in [0.2, 0.25) is 0 Å². The largest absolute Gasteiger partial charge is 0.379 e. The van der Waals surface area contributed by atoms with Crippen molar-refractivity contribution in [3.8, 4) is 0 Å². The molecule has 0 aliphatic carbocycles. The lowest BCUT2D eigenvalue weighted by atomic mass is 10.4. The lowest BCUT2D eigenvalue weighted by molar-refractivity contribution is -0.127. The molecule has 0 atom stereocenters. The maximum Gasteiger partial charge on any atom is 0.229 e. The van der Waals surface area contributed by atoms with Gasteiger partial charge in [-0.3, -0.25) is 9.59 Å². The van der Waals surface area contributed by atoms with Crippen molar-refractivity contribution in [2.75, 3.05) is 25.5 Å². The molecule has 0 aromatic rings. The molecule has 0 saturated heterocycles. The topological polar surface area (TPSA) is 81.4 Å². The van der Waals surface area contributed by atoms with Crippen molar-refractivity contribution in [2.24, 2.45) is 5.73 Å². The first-order valence-corrected chi connectivity index (χ1v) is 4.53. The Morgan fingerprint density at radius 1 is 1.38 bits per heavy atom. The molecular weight excluding hydrogens is 192 g/mol. The number of carbonyl (C=O) groups is 2. The second-order valence-corrected chi connectivity index (χ2v) is 2.78. The van der Waals surface area contributed by atoms with Crippen LogP contribution in [0.25, 0.3) is 0 Å². The second kappa shape index (κ2) is 7.88. The number of ether oxygens (including phenoxy) is 1. The predicted octanol–water partition coefficient (Wildman–Crippen LogP) is -1.08. The minimum Gasteiger partial charge on any atom is -0.379 e. The van der Waals surface area contributed by atoms with E-state index < -0.39 is 5.91 Å². The molecule has 2 amide bonds. The molecule has 6 heteroatoms. The van der Waals surface area contributed by atoms with Crippen LogP contribution in [-0.2, 0) is 14.3 Å². The van der Waals surface area contributed by atoms with Gasteiger partial charge in [-0.1, -0.05) is 0 Å². The molecule has 76 valence electrons. The molecule has 0 saturated carbocycles. The zero-order valence-electron chi connectivity index (χ0n) is 7.28. The molecule has 0 fully saturated rings. The summed E-state index contributed by atoms with van der Waals surface area (Å²) in [6.07, 6.45) is -0.271. The highest BCUT2D eigenvalue weighted by Crippen LogP contribution is 1.79. The summed E-state index contributed by atoms with van der Waals surface area (Å²) < 4.78 is 5.03. The van der Waals surface area contributed by atoms with Gasteiger partial charge in [0, 0.05) is 12.3 Å². The third kappa shape index (κ3) is 9.16. The second-order valence-electron chi connectivity index (χ2n) is 2.33. The Morgan fingerprint density at radius 3 is 2.62 bits per heavy atom. The number of amides is 2. The molecule has 3 N–H and O–H groups in total. The van der Waals surface area contributed by atoms with E-state index in [2.05, 4.69) is 17.9 Å². The average Bonchev–Trinajstić information content (AvgIpc) is 2.02. The average molecular weight is 206 g/mol. The van der Waals surface area contributed by atoms with Gasteiger partial charge in [0.1, 0.15) is 6.42 Å². The zero-order chi connectivity index (χ0) is 10.1. The normalized spacial score (nSPS) is 9.62. The van der Waals surface area contributed by atoms with Gasteiger partial charge >= 0.3 is 0 Å². The van der Waals surface area contributed by atoms with Crippen molar-refractivity contribution < 1.29 is 14.3 Å². The van der Waals surface area contributed by atoms with Crippen LogP contribution in [0.5, 0.6) is 0 Å². The lowest BCUT2D eigenvalue weighted by Crippen LogP contribution is -2.31. The van der Waals surface area contributed by atoms with Crippen molar-refractivity contribution in [3.05, 3.63) is 0 Å². The van der Waals surface area contributed by atoms with Crippen LogP contribution in [0.1, 0.15) is 6.42 Å². The maximum absolute atomic E-state index is 10.8. The fourth-order valence-corrected chi connectivity index (χ4v) is 0.779. The number of primary amides is 1. The summed E-state index contributed by atoms with van der Waals surface area (Å²) in [5.41, 5.74) is 4.80. The van der Waals surface area contributed by atoms with Crippen LogP contribution in [0.15, 0.2) is 0 Å². The third-order valence-electron chi connectivity index (χ3n) is 1.14. The van der Waals surface area contributed by atoms with Crippen molar-refractivity contribution in [1.29, 1.82) is 0 Å². The number of rotatable bonds is 7. The summed E-state index contributed by atoms with van der Waals surface area (Å²) in [7, 11) is 0. The van der Waals surface area contributed by atoms with Crippen LogP contribution in [0, 0.1) is 0 Å². The highest BCUT2D eigenvalue weighted by atomic mass is 32.1. The van der Waals surface area contributed by atoms with Gasteiger partial charge in [-0.15, -0.1) is 0 Å². The SMILES string of the molecule is NC(=O)CC(=O)NCCOCCS. The Kier molecular flexibility index (Phi) is 7.42. The van der Waals surface area contributed by atoms with Gasteiger partial charge < -0.3 is 15.8 Å². The van der Waals surface area contributed by atoms with Crippen LogP contribution >= 0.6 is 12.6 Å². The molecular formula is C7H14N2O3S. The molecule has 5 nitrogen and oxygen atoms in total. The van der Waals surface area contributed by atoms with Crippen molar-refractivity contribution in [3.63, 3.8) is 0 Å². The summed E-state index contributed by atoms with van der Waals surface area (Å²) in [6, 6.07) is 0. The summed E-state index contributed by atoms with van der Waals surface area (Å²) in [5, 5.41) is 2.48. The van der Waals surface area contributed by atoms with E-state index in [1.54, 1.807) is 0 Å². The van der Waals surface area contributed by atoms with E-state index in [1.807, 2.05) is 0 Å². The molecule has 0 bridgehead atoms. The highest BCUT2D eigenvalue weighted by Gasteiger charge is 2.03. The molecule has 0 unspecified atom stereocenters. The summed E-state index contributed by atoms with van der Waals surface area (Å²) in [5.74, 6) is -0.356. The Hall–Kier alpha value is -0.750. The molecule has 0 aliphatic heterocycles. The first kappa shape index (κ1) is 12.2. The minimum absolute atomic E-state index is 0.271. The number of hydrogen-bond acceptors (Lipinski definition) is 4. The van der Waals surface area contributed by atoms with Crippen LogP contribution in [-0.4, -0.2) is 37.3 Å². The van der Waals surface area contributed by atoms with Crippen molar-refractivity contribution in [2.45, 2.75) is 6.42 Å². The number of thiol groups is 1. The van der Waals surface area contributed by atoms with Crippen LogP contribution in [0.4, 0.5) is 0 Å². The van der Waals surface area contributed by atoms with E-state index in [0.717, 1.165) is 0 Å². The molecule has 13 heavy (non-hydrogen) atoms. The molecule has 0 radical (unpaired) electrons. The quantitative estimate of drug-likeness (QED) is 0.282. The fraction of sp³-hybridized carbons (Fsp3) is 0.714. The van der Waals surface area contributed by atoms with E-state index >= 15 is 0 Å². The molecule has 0 aromatic heterocycles. The van der Waals surface area contributed by atoms with Crippen molar-refractivity contribution in [1.82, 2.24) is 5.32 Å². The molecule has 0 heterocycles. The first-order valence-electron chi connectivity index (χ1n) is 3.90. The maximum atomic E-state index is 10.8. The van der Waals surface area contributed by atoms with E-state index in [0.29, 0.717) is 25.5 Å².